The van der Waals surface area contributed by atoms with E-state index in [9.17, 15) is 4.79 Å². The van der Waals surface area contributed by atoms with E-state index in [0.717, 1.165) is 31.6 Å². The lowest BCUT2D eigenvalue weighted by Crippen LogP contribution is -2.41. The van der Waals surface area contributed by atoms with Crippen molar-refractivity contribution in [1.82, 2.24) is 24.9 Å². The number of aromatic nitrogens is 4. The minimum atomic E-state index is -0.0406. The van der Waals surface area contributed by atoms with Crippen molar-refractivity contribution in [2.24, 2.45) is 5.92 Å². The van der Waals surface area contributed by atoms with Gasteiger partial charge in [0.2, 0.25) is 5.91 Å². The summed E-state index contributed by atoms with van der Waals surface area (Å²) in [5.74, 6) is 1.12. The summed E-state index contributed by atoms with van der Waals surface area (Å²) in [4.78, 5) is 14.6. The van der Waals surface area contributed by atoms with E-state index in [1.165, 1.54) is 5.69 Å². The Morgan fingerprint density at radius 3 is 2.67 bits per heavy atom. The highest BCUT2D eigenvalue weighted by Crippen LogP contribution is 2.29. The molecule has 3 rings (SSSR count). The highest BCUT2D eigenvalue weighted by molar-refractivity contribution is 5.78. The third-order valence-corrected chi connectivity index (χ3v) is 4.90. The summed E-state index contributed by atoms with van der Waals surface area (Å²) in [6, 6.07) is 4.08. The number of rotatable bonds is 5. The normalized spacial score (nSPS) is 17.4. The Kier molecular flexibility index (Phi) is 5.02. The van der Waals surface area contributed by atoms with Crippen molar-refractivity contribution in [2.45, 2.75) is 52.0 Å². The molecule has 1 fully saturated rings. The van der Waals surface area contributed by atoms with Gasteiger partial charge < -0.3 is 4.90 Å². The van der Waals surface area contributed by atoms with E-state index >= 15 is 0 Å². The molecule has 0 aliphatic carbocycles. The molecule has 24 heavy (non-hydrogen) atoms. The summed E-state index contributed by atoms with van der Waals surface area (Å²) in [6.07, 6.45) is 5.65. The molecule has 0 saturated carbocycles. The van der Waals surface area contributed by atoms with Crippen LogP contribution in [0.25, 0.3) is 0 Å². The van der Waals surface area contributed by atoms with E-state index in [2.05, 4.69) is 35.2 Å². The van der Waals surface area contributed by atoms with Gasteiger partial charge in [0.15, 0.2) is 0 Å². The first kappa shape index (κ1) is 16.7. The molecule has 1 aliphatic heterocycles. The van der Waals surface area contributed by atoms with Gasteiger partial charge in [-0.3, -0.25) is 14.6 Å². The molecule has 6 heteroatoms. The van der Waals surface area contributed by atoms with E-state index in [1.807, 2.05) is 28.8 Å². The predicted molar refractivity (Wildman–Crippen MR) is 92.6 cm³/mol. The molecular formula is C18H27N5O. The first-order valence-electron chi connectivity index (χ1n) is 8.86. The Morgan fingerprint density at radius 1 is 1.33 bits per heavy atom. The molecule has 3 heterocycles. The van der Waals surface area contributed by atoms with Gasteiger partial charge in [0.25, 0.3) is 0 Å². The molecule has 0 bridgehead atoms. The molecule has 0 spiro atoms. The molecule has 1 amide bonds. The van der Waals surface area contributed by atoms with E-state index in [4.69, 9.17) is 0 Å². The van der Waals surface area contributed by atoms with E-state index < -0.39 is 0 Å². The van der Waals surface area contributed by atoms with Gasteiger partial charge in [-0.2, -0.15) is 10.2 Å². The van der Waals surface area contributed by atoms with Crippen LogP contribution in [0.4, 0.5) is 0 Å². The number of likely N-dealkylation sites (tertiary alicyclic amines) is 1. The Labute approximate surface area is 143 Å². The number of H-pyrrole nitrogens is 1. The Balaban J connectivity index is 1.53. The van der Waals surface area contributed by atoms with Crippen LogP contribution in [-0.2, 0) is 11.3 Å². The molecule has 1 atom stereocenters. The molecule has 130 valence electrons. The van der Waals surface area contributed by atoms with Crippen LogP contribution in [-0.4, -0.2) is 43.9 Å². The van der Waals surface area contributed by atoms with Crippen LogP contribution in [0.5, 0.6) is 0 Å². The maximum absolute atomic E-state index is 12.6. The highest BCUT2D eigenvalue weighted by atomic mass is 16.2. The van der Waals surface area contributed by atoms with Crippen molar-refractivity contribution in [1.29, 1.82) is 0 Å². The second kappa shape index (κ2) is 7.20. The van der Waals surface area contributed by atoms with Gasteiger partial charge in [-0.1, -0.05) is 20.8 Å². The topological polar surface area (TPSA) is 66.8 Å². The fourth-order valence-electron chi connectivity index (χ4n) is 3.35. The lowest BCUT2D eigenvalue weighted by Gasteiger charge is -2.33. The van der Waals surface area contributed by atoms with E-state index in [0.29, 0.717) is 18.4 Å². The summed E-state index contributed by atoms with van der Waals surface area (Å²) in [7, 11) is 0. The van der Waals surface area contributed by atoms with Crippen molar-refractivity contribution in [3.8, 4) is 0 Å². The average molecular weight is 329 g/mol. The number of aromatic amines is 1. The smallest absolute Gasteiger partial charge is 0.227 e. The predicted octanol–water partition coefficient (Wildman–Crippen LogP) is 2.77. The molecule has 0 radical (unpaired) electrons. The van der Waals surface area contributed by atoms with Crippen LogP contribution in [0.15, 0.2) is 24.5 Å². The summed E-state index contributed by atoms with van der Waals surface area (Å²) in [5.41, 5.74) is 2.34. The van der Waals surface area contributed by atoms with Crippen molar-refractivity contribution < 1.29 is 4.79 Å². The quantitative estimate of drug-likeness (QED) is 0.917. The fourth-order valence-corrected chi connectivity index (χ4v) is 3.35. The highest BCUT2D eigenvalue weighted by Gasteiger charge is 2.27. The minimum Gasteiger partial charge on any atom is -0.342 e. The van der Waals surface area contributed by atoms with Crippen LogP contribution in [0.1, 0.15) is 56.8 Å². The number of carbonyl (C=O) groups is 1. The zero-order chi connectivity index (χ0) is 17.1. The second-order valence-electron chi connectivity index (χ2n) is 7.13. The molecular weight excluding hydrogens is 302 g/mol. The maximum Gasteiger partial charge on any atom is 0.227 e. The average Bonchev–Trinajstić information content (AvgIpc) is 3.26. The molecule has 1 N–H and O–H groups in total. The lowest BCUT2D eigenvalue weighted by molar-refractivity contribution is -0.136. The van der Waals surface area contributed by atoms with E-state index in [1.54, 1.807) is 6.20 Å². The Bertz CT molecular complexity index is 653. The van der Waals surface area contributed by atoms with Crippen molar-refractivity contribution in [3.05, 3.63) is 35.9 Å². The van der Waals surface area contributed by atoms with E-state index in [-0.39, 0.29) is 11.8 Å². The molecule has 6 nitrogen and oxygen atoms in total. The van der Waals surface area contributed by atoms with Crippen LogP contribution in [0.3, 0.4) is 0 Å². The van der Waals surface area contributed by atoms with Crippen LogP contribution in [0, 0.1) is 5.92 Å². The number of hydrogen-bond acceptors (Lipinski definition) is 3. The lowest BCUT2D eigenvalue weighted by atomic mass is 9.92. The number of carbonyl (C=O) groups excluding carboxylic acids is 1. The van der Waals surface area contributed by atoms with Crippen LogP contribution in [0.2, 0.25) is 0 Å². The number of hydrogen-bond donors (Lipinski definition) is 1. The molecule has 2 aromatic heterocycles. The standard InChI is InChI=1S/C18H27N5O/c1-13(2)16-11-17(21-20-16)15-5-9-22(10-6-15)18(24)14(3)12-23-8-4-7-19-23/h4,7-8,11,13-15H,5-6,9-10,12H2,1-3H3,(H,20,21)/t14-/m0/s1. The second-order valence-corrected chi connectivity index (χ2v) is 7.13. The van der Waals surface area contributed by atoms with Gasteiger partial charge in [0.1, 0.15) is 0 Å². The molecule has 2 aromatic rings. The third-order valence-electron chi connectivity index (χ3n) is 4.90. The summed E-state index contributed by atoms with van der Waals surface area (Å²) < 4.78 is 1.83. The molecule has 0 unspecified atom stereocenters. The SMILES string of the molecule is CC(C)c1cc(C2CCN(C(=O)[C@@H](C)Cn3cccn3)CC2)[nH]n1. The van der Waals surface area contributed by atoms with Crippen molar-refractivity contribution in [3.63, 3.8) is 0 Å². The largest absolute Gasteiger partial charge is 0.342 e. The van der Waals surface area contributed by atoms with Crippen LogP contribution >= 0.6 is 0 Å². The van der Waals surface area contributed by atoms with Crippen molar-refractivity contribution >= 4 is 5.91 Å². The Hall–Kier alpha value is -2.11. The van der Waals surface area contributed by atoms with Crippen molar-refractivity contribution in [2.75, 3.05) is 13.1 Å². The zero-order valence-electron chi connectivity index (χ0n) is 14.8. The molecule has 1 saturated heterocycles. The zero-order valence-corrected chi connectivity index (χ0v) is 14.8. The number of amides is 1. The van der Waals surface area contributed by atoms with Crippen LogP contribution < -0.4 is 0 Å². The van der Waals surface area contributed by atoms with Gasteiger partial charge in [0.05, 0.1) is 18.2 Å². The fraction of sp³-hybridized carbons (Fsp3) is 0.611. The number of nitrogens with zero attached hydrogens (tertiary/aromatic N) is 4. The van der Waals surface area contributed by atoms with Gasteiger partial charge in [-0.05, 0) is 30.9 Å². The van der Waals surface area contributed by atoms with Gasteiger partial charge in [-0.15, -0.1) is 0 Å². The van der Waals surface area contributed by atoms with Gasteiger partial charge in [-0.25, -0.2) is 0 Å². The molecule has 0 aromatic carbocycles. The molecule has 1 aliphatic rings. The monoisotopic (exact) mass is 329 g/mol. The summed E-state index contributed by atoms with van der Waals surface area (Å²) >= 11 is 0. The van der Waals surface area contributed by atoms with Gasteiger partial charge in [0, 0.05) is 37.1 Å². The van der Waals surface area contributed by atoms with Gasteiger partial charge >= 0.3 is 0 Å². The number of piperidine rings is 1. The Morgan fingerprint density at radius 2 is 2.08 bits per heavy atom. The first-order valence-corrected chi connectivity index (χ1v) is 8.86. The first-order chi connectivity index (χ1) is 11.5. The maximum atomic E-state index is 12.6. The summed E-state index contributed by atoms with van der Waals surface area (Å²) in [6.45, 7) is 8.58. The summed E-state index contributed by atoms with van der Waals surface area (Å²) in [5, 5.41) is 11.8. The third kappa shape index (κ3) is 3.68. The number of nitrogens with one attached hydrogen (secondary N) is 1. The minimum absolute atomic E-state index is 0.0406.